The molecule has 0 spiro atoms. The first-order valence-electron chi connectivity index (χ1n) is 8.90. The Morgan fingerprint density at radius 2 is 1.73 bits per heavy atom. The molecule has 0 saturated heterocycles. The number of ether oxygens (including phenoxy) is 2. The lowest BCUT2D eigenvalue weighted by Crippen LogP contribution is -2.58. The minimum Gasteiger partial charge on any atom is -0.475 e. The Labute approximate surface area is 172 Å². The Hall–Kier alpha value is -2.88. The fourth-order valence-electron chi connectivity index (χ4n) is 2.53. The summed E-state index contributed by atoms with van der Waals surface area (Å²) in [5.41, 5.74) is 9.78. The molecule has 0 rings (SSSR count). The third-order valence-corrected chi connectivity index (χ3v) is 3.73. The van der Waals surface area contributed by atoms with E-state index in [1.165, 1.54) is 6.92 Å². The Balaban J connectivity index is 0. The molecule has 10 nitrogen and oxygen atoms in total. The molecular formula is C17H27F3N4O6. The number of aliphatic imine (C=N–C) groups is 1. The van der Waals surface area contributed by atoms with E-state index in [9.17, 15) is 28.0 Å². The second-order valence-corrected chi connectivity index (χ2v) is 5.95. The van der Waals surface area contributed by atoms with Crippen LogP contribution in [0.2, 0.25) is 0 Å². The summed E-state index contributed by atoms with van der Waals surface area (Å²) in [7, 11) is 0. The number of aliphatic carboxylic acids is 1. The summed E-state index contributed by atoms with van der Waals surface area (Å²) in [5.74, 6) is -4.10. The summed E-state index contributed by atoms with van der Waals surface area (Å²) in [5, 5.41) is 16.4. The molecule has 5 N–H and O–H groups in total. The number of nitrogens with two attached hydrogens (primary N) is 2. The summed E-state index contributed by atoms with van der Waals surface area (Å²) in [6, 6.07) is 0.527. The number of carbonyl (C=O) groups is 3. The smallest absolute Gasteiger partial charge is 0.475 e. The molecule has 0 radical (unpaired) electrons. The molecule has 0 aliphatic rings. The highest BCUT2D eigenvalue weighted by molar-refractivity contribution is 5.93. The van der Waals surface area contributed by atoms with Gasteiger partial charge in [-0.15, -0.1) is 0 Å². The van der Waals surface area contributed by atoms with Crippen LogP contribution in [-0.2, 0) is 19.1 Å². The lowest BCUT2D eigenvalue weighted by atomic mass is 9.75. The molecule has 0 fully saturated rings. The van der Waals surface area contributed by atoms with Crippen LogP contribution in [-0.4, -0.2) is 53.4 Å². The molecule has 0 aliphatic carbocycles. The van der Waals surface area contributed by atoms with Crippen molar-refractivity contribution in [3.63, 3.8) is 0 Å². The van der Waals surface area contributed by atoms with Gasteiger partial charge in [-0.3, -0.25) is 4.99 Å². The van der Waals surface area contributed by atoms with Crippen molar-refractivity contribution in [2.45, 2.75) is 64.7 Å². The minimum absolute atomic E-state index is 0.0504. The topological polar surface area (TPSA) is 178 Å². The molecule has 0 amide bonds. The van der Waals surface area contributed by atoms with Crippen LogP contribution in [0.5, 0.6) is 0 Å². The highest BCUT2D eigenvalue weighted by atomic mass is 19.4. The third-order valence-electron chi connectivity index (χ3n) is 3.73. The van der Waals surface area contributed by atoms with Gasteiger partial charge in [0.2, 0.25) is 0 Å². The number of esters is 1. The fourth-order valence-corrected chi connectivity index (χ4v) is 2.53. The molecule has 0 saturated carbocycles. The van der Waals surface area contributed by atoms with Crippen molar-refractivity contribution in [3.05, 3.63) is 0 Å². The van der Waals surface area contributed by atoms with Gasteiger partial charge in [0.05, 0.1) is 18.5 Å². The SMILES string of the molecule is CCCC(CC)C(N=C(C)N)(C(=O)OC(=O)OCC)C(N)C#N.O=C(O)C(F)(F)F. The number of nitriles is 1. The molecule has 30 heavy (non-hydrogen) atoms. The number of halogens is 3. The van der Waals surface area contributed by atoms with Crippen LogP contribution in [0.4, 0.5) is 18.0 Å². The first kappa shape index (κ1) is 29.3. The van der Waals surface area contributed by atoms with Crippen molar-refractivity contribution in [2.75, 3.05) is 6.61 Å². The van der Waals surface area contributed by atoms with E-state index in [1.807, 2.05) is 19.9 Å². The summed E-state index contributed by atoms with van der Waals surface area (Å²) in [6.45, 7) is 6.89. The molecule has 0 aliphatic heterocycles. The van der Waals surface area contributed by atoms with Crippen LogP contribution in [0.25, 0.3) is 0 Å². The summed E-state index contributed by atoms with van der Waals surface area (Å²) >= 11 is 0. The van der Waals surface area contributed by atoms with Gasteiger partial charge in [-0.1, -0.05) is 26.7 Å². The molecule has 13 heteroatoms. The average molecular weight is 440 g/mol. The molecular weight excluding hydrogens is 413 g/mol. The summed E-state index contributed by atoms with van der Waals surface area (Å²) in [4.78, 5) is 37.2. The predicted molar refractivity (Wildman–Crippen MR) is 99.1 cm³/mol. The number of alkyl halides is 3. The maximum absolute atomic E-state index is 12.6. The Kier molecular flexibility index (Phi) is 13.1. The van der Waals surface area contributed by atoms with Crippen LogP contribution in [0.3, 0.4) is 0 Å². The maximum Gasteiger partial charge on any atom is 0.516 e. The quantitative estimate of drug-likeness (QED) is 0.220. The zero-order valence-electron chi connectivity index (χ0n) is 17.2. The largest absolute Gasteiger partial charge is 0.516 e. The Morgan fingerprint density at radius 3 is 2.03 bits per heavy atom. The highest BCUT2D eigenvalue weighted by Crippen LogP contribution is 2.34. The number of nitrogens with zero attached hydrogens (tertiary/aromatic N) is 2. The number of carboxylic acids is 1. The van der Waals surface area contributed by atoms with E-state index in [1.54, 1.807) is 6.92 Å². The van der Waals surface area contributed by atoms with E-state index in [0.29, 0.717) is 12.8 Å². The number of carboxylic acid groups (broad SMARTS) is 1. The maximum atomic E-state index is 12.6. The van der Waals surface area contributed by atoms with Crippen molar-refractivity contribution in [1.29, 1.82) is 5.26 Å². The van der Waals surface area contributed by atoms with Crippen LogP contribution < -0.4 is 11.5 Å². The van der Waals surface area contributed by atoms with Crippen LogP contribution in [0.15, 0.2) is 4.99 Å². The van der Waals surface area contributed by atoms with Crippen molar-refractivity contribution >= 4 is 23.9 Å². The van der Waals surface area contributed by atoms with Gasteiger partial charge >= 0.3 is 24.3 Å². The zero-order valence-corrected chi connectivity index (χ0v) is 17.2. The molecule has 0 aromatic carbocycles. The van der Waals surface area contributed by atoms with E-state index in [-0.39, 0.29) is 12.4 Å². The van der Waals surface area contributed by atoms with Crippen LogP contribution in [0, 0.1) is 17.2 Å². The number of hydrogen-bond donors (Lipinski definition) is 3. The number of rotatable bonds is 8. The van der Waals surface area contributed by atoms with E-state index in [0.717, 1.165) is 6.42 Å². The molecule has 0 heterocycles. The highest BCUT2D eigenvalue weighted by Gasteiger charge is 2.52. The standard InChI is InChI=1S/C15H26N4O4.C2HF3O2/c1-5-8-11(6-2)15(12(18)9-16,19-10(4)17)13(20)23-14(21)22-7-3;3-2(4,5)1(6)7/h11-12H,5-8,18H2,1-4H3,(H2,17,19);(H,6,7). The van der Waals surface area contributed by atoms with Crippen molar-refractivity contribution in [1.82, 2.24) is 0 Å². The Bertz CT molecular complexity index is 659. The van der Waals surface area contributed by atoms with Crippen LogP contribution >= 0.6 is 0 Å². The molecule has 0 aromatic rings. The molecule has 3 unspecified atom stereocenters. The fraction of sp³-hybridized carbons (Fsp3) is 0.706. The van der Waals surface area contributed by atoms with Crippen molar-refractivity contribution in [3.8, 4) is 6.07 Å². The van der Waals surface area contributed by atoms with E-state index < -0.39 is 41.8 Å². The summed E-state index contributed by atoms with van der Waals surface area (Å²) < 4.78 is 41.1. The monoisotopic (exact) mass is 440 g/mol. The van der Waals surface area contributed by atoms with Gasteiger partial charge in [0.25, 0.3) is 0 Å². The molecule has 0 aromatic heterocycles. The van der Waals surface area contributed by atoms with Crippen LogP contribution in [0.1, 0.15) is 47.0 Å². The first-order valence-corrected chi connectivity index (χ1v) is 8.90. The number of carbonyl (C=O) groups excluding carboxylic acids is 2. The number of amidine groups is 1. The normalized spacial score (nSPS) is 15.4. The first-order chi connectivity index (χ1) is 13.7. The van der Waals surface area contributed by atoms with Gasteiger partial charge in [0, 0.05) is 0 Å². The second kappa shape index (κ2) is 13.4. The molecule has 0 bridgehead atoms. The van der Waals surface area contributed by atoms with Gasteiger partial charge in [-0.25, -0.2) is 14.4 Å². The third kappa shape index (κ3) is 9.08. The lowest BCUT2D eigenvalue weighted by molar-refractivity contribution is -0.192. The van der Waals surface area contributed by atoms with Gasteiger partial charge < -0.3 is 26.0 Å². The van der Waals surface area contributed by atoms with Crippen molar-refractivity contribution in [2.24, 2.45) is 22.4 Å². The lowest BCUT2D eigenvalue weighted by Gasteiger charge is -2.36. The predicted octanol–water partition coefficient (Wildman–Crippen LogP) is 2.11. The van der Waals surface area contributed by atoms with E-state index >= 15 is 0 Å². The second-order valence-electron chi connectivity index (χ2n) is 5.95. The summed E-state index contributed by atoms with van der Waals surface area (Å²) in [6.07, 6.45) is -4.41. The van der Waals surface area contributed by atoms with Gasteiger partial charge in [0.15, 0.2) is 5.54 Å². The van der Waals surface area contributed by atoms with Gasteiger partial charge in [-0.2, -0.15) is 18.4 Å². The van der Waals surface area contributed by atoms with Gasteiger partial charge in [-0.05, 0) is 26.2 Å². The average Bonchev–Trinajstić information content (AvgIpc) is 2.63. The number of hydrogen-bond acceptors (Lipinski definition) is 8. The van der Waals surface area contributed by atoms with E-state index in [2.05, 4.69) is 9.73 Å². The van der Waals surface area contributed by atoms with Crippen molar-refractivity contribution < 1.29 is 42.1 Å². The zero-order chi connectivity index (χ0) is 24.1. The van der Waals surface area contributed by atoms with Gasteiger partial charge in [0.1, 0.15) is 6.04 Å². The van der Waals surface area contributed by atoms with E-state index in [4.69, 9.17) is 26.1 Å². The molecule has 3 atom stereocenters. The minimum atomic E-state index is -5.08. The Morgan fingerprint density at radius 1 is 1.23 bits per heavy atom. The molecule has 172 valence electrons.